The molecule has 0 aromatic carbocycles. The summed E-state index contributed by atoms with van der Waals surface area (Å²) in [5, 5.41) is 8.31. The molecule has 1 aliphatic rings. The largest absolute Gasteiger partial charge is 0.353 e. The number of amides is 1. The standard InChI is InChI=1S/C17H20N8OS/c1-2-4-13-16(27-22-21-13)17(26)24-9-7-23(8-10-24)14-11-15(19-12-18-14)25-6-3-5-20-25/h3,5-6,11-12H,2,4,7-10H2,1H3. The van der Waals surface area contributed by atoms with Crippen LogP contribution in [0.4, 0.5) is 5.82 Å². The van der Waals surface area contributed by atoms with Gasteiger partial charge in [0.1, 0.15) is 17.0 Å². The summed E-state index contributed by atoms with van der Waals surface area (Å²) >= 11 is 1.19. The minimum atomic E-state index is 0.0352. The third kappa shape index (κ3) is 3.65. The van der Waals surface area contributed by atoms with Crippen LogP contribution < -0.4 is 4.90 Å². The number of carbonyl (C=O) groups is 1. The molecule has 0 N–H and O–H groups in total. The lowest BCUT2D eigenvalue weighted by Gasteiger charge is -2.35. The molecule has 0 atom stereocenters. The number of piperazine rings is 1. The molecule has 0 saturated carbocycles. The first kappa shape index (κ1) is 17.5. The van der Waals surface area contributed by atoms with Gasteiger partial charge in [0, 0.05) is 44.6 Å². The minimum absolute atomic E-state index is 0.0352. The highest BCUT2D eigenvalue weighted by Gasteiger charge is 2.26. The minimum Gasteiger partial charge on any atom is -0.353 e. The van der Waals surface area contributed by atoms with E-state index in [0.717, 1.165) is 43.3 Å². The molecule has 4 rings (SSSR count). The zero-order valence-electron chi connectivity index (χ0n) is 15.0. The maximum Gasteiger partial charge on any atom is 0.267 e. The second kappa shape index (κ2) is 7.78. The maximum absolute atomic E-state index is 12.8. The number of aryl methyl sites for hydroxylation is 1. The molecule has 3 aromatic heterocycles. The van der Waals surface area contributed by atoms with Gasteiger partial charge in [-0.05, 0) is 24.0 Å². The molecule has 0 radical (unpaired) electrons. The van der Waals surface area contributed by atoms with E-state index in [2.05, 4.69) is 36.5 Å². The van der Waals surface area contributed by atoms with Crippen LogP contribution in [0.3, 0.4) is 0 Å². The summed E-state index contributed by atoms with van der Waals surface area (Å²) in [4.78, 5) is 26.2. The Balaban J connectivity index is 1.42. The molecule has 0 aliphatic carbocycles. The summed E-state index contributed by atoms with van der Waals surface area (Å²) in [6.07, 6.45) is 6.84. The molecule has 1 aliphatic heterocycles. The summed E-state index contributed by atoms with van der Waals surface area (Å²) < 4.78 is 5.67. The van der Waals surface area contributed by atoms with Gasteiger partial charge in [-0.15, -0.1) is 5.10 Å². The maximum atomic E-state index is 12.8. The molecule has 1 amide bonds. The fraction of sp³-hybridized carbons (Fsp3) is 0.412. The second-order valence-corrected chi connectivity index (χ2v) is 7.02. The van der Waals surface area contributed by atoms with Crippen LogP contribution in [0.25, 0.3) is 5.82 Å². The SMILES string of the molecule is CCCc1nnsc1C(=O)N1CCN(c2cc(-n3cccn3)ncn2)CC1. The van der Waals surface area contributed by atoms with E-state index < -0.39 is 0 Å². The third-order valence-electron chi connectivity index (χ3n) is 4.51. The van der Waals surface area contributed by atoms with E-state index in [4.69, 9.17) is 0 Å². The molecule has 3 aromatic rings. The Morgan fingerprint density at radius 2 is 2.00 bits per heavy atom. The van der Waals surface area contributed by atoms with Crippen LogP contribution >= 0.6 is 11.5 Å². The van der Waals surface area contributed by atoms with Crippen molar-refractivity contribution < 1.29 is 4.79 Å². The van der Waals surface area contributed by atoms with E-state index in [9.17, 15) is 4.79 Å². The average Bonchev–Trinajstić information content (AvgIpc) is 3.40. The average molecular weight is 384 g/mol. The number of rotatable bonds is 5. The third-order valence-corrected chi connectivity index (χ3v) is 5.26. The number of anilines is 1. The number of carbonyl (C=O) groups excluding carboxylic acids is 1. The first-order chi connectivity index (χ1) is 13.3. The molecular weight excluding hydrogens is 364 g/mol. The van der Waals surface area contributed by atoms with E-state index in [1.165, 1.54) is 11.5 Å². The fourth-order valence-corrected chi connectivity index (χ4v) is 3.77. The van der Waals surface area contributed by atoms with E-state index in [-0.39, 0.29) is 5.91 Å². The summed E-state index contributed by atoms with van der Waals surface area (Å²) in [5.74, 6) is 1.60. The van der Waals surface area contributed by atoms with Gasteiger partial charge in [-0.1, -0.05) is 17.8 Å². The highest BCUT2D eigenvalue weighted by Crippen LogP contribution is 2.19. The van der Waals surface area contributed by atoms with E-state index in [0.29, 0.717) is 18.0 Å². The van der Waals surface area contributed by atoms with Crippen LogP contribution in [0.2, 0.25) is 0 Å². The van der Waals surface area contributed by atoms with Gasteiger partial charge in [0.05, 0.1) is 5.69 Å². The number of nitrogens with zero attached hydrogens (tertiary/aromatic N) is 8. The molecule has 4 heterocycles. The van der Waals surface area contributed by atoms with E-state index in [1.807, 2.05) is 23.2 Å². The van der Waals surface area contributed by atoms with E-state index >= 15 is 0 Å². The van der Waals surface area contributed by atoms with Crippen LogP contribution in [-0.4, -0.2) is 66.3 Å². The molecule has 27 heavy (non-hydrogen) atoms. The highest BCUT2D eigenvalue weighted by atomic mass is 32.1. The predicted molar refractivity (Wildman–Crippen MR) is 101 cm³/mol. The van der Waals surface area contributed by atoms with Gasteiger partial charge in [0.2, 0.25) is 0 Å². The molecule has 1 fully saturated rings. The predicted octanol–water partition coefficient (Wildman–Crippen LogP) is 1.43. The van der Waals surface area contributed by atoms with Crippen molar-refractivity contribution in [2.45, 2.75) is 19.8 Å². The first-order valence-electron chi connectivity index (χ1n) is 8.93. The lowest BCUT2D eigenvalue weighted by molar-refractivity contribution is 0.0750. The van der Waals surface area contributed by atoms with Gasteiger partial charge < -0.3 is 9.80 Å². The van der Waals surface area contributed by atoms with Crippen molar-refractivity contribution >= 4 is 23.3 Å². The molecule has 0 bridgehead atoms. The summed E-state index contributed by atoms with van der Waals surface area (Å²) in [6, 6.07) is 3.77. The normalized spacial score (nSPS) is 14.6. The Labute approximate surface area is 160 Å². The van der Waals surface area contributed by atoms with Gasteiger partial charge in [0.25, 0.3) is 5.91 Å². The van der Waals surface area contributed by atoms with Crippen molar-refractivity contribution in [3.05, 3.63) is 41.4 Å². The number of hydrogen-bond donors (Lipinski definition) is 0. The van der Waals surface area contributed by atoms with Crippen molar-refractivity contribution in [1.29, 1.82) is 0 Å². The zero-order valence-corrected chi connectivity index (χ0v) is 15.8. The Kier molecular flexibility index (Phi) is 5.05. The summed E-state index contributed by atoms with van der Waals surface area (Å²) in [7, 11) is 0. The summed E-state index contributed by atoms with van der Waals surface area (Å²) in [6.45, 7) is 4.80. The smallest absolute Gasteiger partial charge is 0.267 e. The monoisotopic (exact) mass is 384 g/mol. The van der Waals surface area contributed by atoms with Gasteiger partial charge in [-0.25, -0.2) is 14.6 Å². The molecule has 0 spiro atoms. The van der Waals surface area contributed by atoms with Crippen LogP contribution in [-0.2, 0) is 6.42 Å². The van der Waals surface area contributed by atoms with Crippen molar-refractivity contribution in [2.75, 3.05) is 31.1 Å². The summed E-state index contributed by atoms with van der Waals surface area (Å²) in [5.41, 5.74) is 0.814. The fourth-order valence-electron chi connectivity index (χ4n) is 3.09. The van der Waals surface area contributed by atoms with Crippen LogP contribution in [0.5, 0.6) is 0 Å². The highest BCUT2D eigenvalue weighted by molar-refractivity contribution is 7.08. The molecule has 140 valence electrons. The number of hydrogen-bond acceptors (Lipinski definition) is 8. The van der Waals surface area contributed by atoms with Gasteiger partial charge in [-0.2, -0.15) is 5.10 Å². The Morgan fingerprint density at radius 1 is 1.19 bits per heavy atom. The molecule has 0 unspecified atom stereocenters. The van der Waals surface area contributed by atoms with Crippen molar-refractivity contribution in [3.63, 3.8) is 0 Å². The molecular formula is C17H20N8OS. The van der Waals surface area contributed by atoms with Crippen LogP contribution in [0.15, 0.2) is 30.9 Å². The van der Waals surface area contributed by atoms with Gasteiger partial charge >= 0.3 is 0 Å². The van der Waals surface area contributed by atoms with Crippen molar-refractivity contribution in [1.82, 2.24) is 34.2 Å². The number of aromatic nitrogens is 6. The van der Waals surface area contributed by atoms with Crippen LogP contribution in [0.1, 0.15) is 28.7 Å². The van der Waals surface area contributed by atoms with Gasteiger partial charge in [-0.3, -0.25) is 4.79 Å². The Morgan fingerprint density at radius 3 is 2.74 bits per heavy atom. The topological polar surface area (TPSA) is 92.9 Å². The lowest BCUT2D eigenvalue weighted by atomic mass is 10.2. The van der Waals surface area contributed by atoms with E-state index in [1.54, 1.807) is 17.2 Å². The first-order valence-corrected chi connectivity index (χ1v) is 9.71. The lowest BCUT2D eigenvalue weighted by Crippen LogP contribution is -2.49. The zero-order chi connectivity index (χ0) is 18.6. The van der Waals surface area contributed by atoms with Crippen molar-refractivity contribution in [3.8, 4) is 5.82 Å². The van der Waals surface area contributed by atoms with Crippen molar-refractivity contribution in [2.24, 2.45) is 0 Å². The van der Waals surface area contributed by atoms with Crippen LogP contribution in [0, 0.1) is 0 Å². The Bertz CT molecular complexity index is 901. The second-order valence-electron chi connectivity index (χ2n) is 6.26. The Hall–Kier alpha value is -2.88. The molecule has 1 saturated heterocycles. The van der Waals surface area contributed by atoms with Gasteiger partial charge in [0.15, 0.2) is 5.82 Å². The molecule has 9 nitrogen and oxygen atoms in total. The molecule has 10 heteroatoms. The quantitative estimate of drug-likeness (QED) is 0.657.